The largest absolute Gasteiger partial charge is 0.335 e. The van der Waals surface area contributed by atoms with Gasteiger partial charge in [0.2, 0.25) is 0 Å². The minimum Gasteiger partial charge on any atom is -0.335 e. The molecule has 0 N–H and O–H groups in total. The normalized spacial score (nSPS) is 15.1. The Morgan fingerprint density at radius 1 is 1.07 bits per heavy atom. The highest BCUT2D eigenvalue weighted by molar-refractivity contribution is 7.09. The third-order valence-corrected chi connectivity index (χ3v) is 6.51. The van der Waals surface area contributed by atoms with Gasteiger partial charge in [0.15, 0.2) is 0 Å². The van der Waals surface area contributed by atoms with E-state index in [1.165, 1.54) is 11.6 Å². The fraction of sp³-hybridized carbons (Fsp3) is 0.450. The van der Waals surface area contributed by atoms with Crippen LogP contribution in [-0.2, 0) is 27.1 Å². The Labute approximate surface area is 177 Å². The second-order valence-corrected chi connectivity index (χ2v) is 8.37. The molecule has 0 spiro atoms. The van der Waals surface area contributed by atoms with E-state index in [4.69, 9.17) is 0 Å². The van der Waals surface area contributed by atoms with Crippen LogP contribution in [-0.4, -0.2) is 61.0 Å². The van der Waals surface area contributed by atoms with Gasteiger partial charge in [0.1, 0.15) is 11.3 Å². The Hall–Kier alpha value is -2.85. The molecule has 1 aliphatic rings. The Kier molecular flexibility index (Phi) is 5.52. The summed E-state index contributed by atoms with van der Waals surface area (Å²) in [7, 11) is 2.98. The molecule has 0 aromatic carbocycles. The zero-order valence-corrected chi connectivity index (χ0v) is 18.1. The van der Waals surface area contributed by atoms with Gasteiger partial charge in [0.05, 0.1) is 16.1 Å². The Balaban J connectivity index is 1.48. The van der Waals surface area contributed by atoms with E-state index in [-0.39, 0.29) is 17.2 Å². The molecule has 10 heteroatoms. The predicted molar refractivity (Wildman–Crippen MR) is 115 cm³/mol. The average Bonchev–Trinajstić information content (AvgIpc) is 3.23. The van der Waals surface area contributed by atoms with Crippen molar-refractivity contribution in [2.45, 2.75) is 19.9 Å². The monoisotopic (exact) mass is 428 g/mol. The number of thiazole rings is 1. The summed E-state index contributed by atoms with van der Waals surface area (Å²) in [6.07, 6.45) is 0.948. The molecule has 30 heavy (non-hydrogen) atoms. The zero-order valence-electron chi connectivity index (χ0n) is 17.3. The van der Waals surface area contributed by atoms with E-state index in [1.54, 1.807) is 35.4 Å². The van der Waals surface area contributed by atoms with E-state index in [9.17, 15) is 14.4 Å². The van der Waals surface area contributed by atoms with Gasteiger partial charge in [-0.05, 0) is 18.6 Å². The number of aromatic nitrogens is 4. The third kappa shape index (κ3) is 3.68. The summed E-state index contributed by atoms with van der Waals surface area (Å²) in [5.74, 6) is -0.188. The van der Waals surface area contributed by atoms with E-state index in [2.05, 4.69) is 27.2 Å². The third-order valence-electron chi connectivity index (χ3n) is 5.47. The van der Waals surface area contributed by atoms with E-state index < -0.39 is 11.2 Å². The molecule has 1 amide bonds. The first kappa shape index (κ1) is 20.4. The molecule has 0 unspecified atom stereocenters. The fourth-order valence-corrected chi connectivity index (χ4v) is 4.39. The van der Waals surface area contributed by atoms with Crippen molar-refractivity contribution in [3.63, 3.8) is 0 Å². The van der Waals surface area contributed by atoms with Crippen LogP contribution in [0.1, 0.15) is 28.1 Å². The number of hydrogen-bond donors (Lipinski definition) is 0. The van der Waals surface area contributed by atoms with E-state index in [0.29, 0.717) is 18.5 Å². The molecule has 158 valence electrons. The molecule has 0 radical (unpaired) electrons. The van der Waals surface area contributed by atoms with Crippen LogP contribution in [0.3, 0.4) is 0 Å². The summed E-state index contributed by atoms with van der Waals surface area (Å²) in [5, 5.41) is 3.56. The predicted octanol–water partition coefficient (Wildman–Crippen LogP) is 0.609. The fourth-order valence-electron chi connectivity index (χ4n) is 3.66. The van der Waals surface area contributed by atoms with Gasteiger partial charge in [-0.25, -0.2) is 14.8 Å². The molecule has 3 aromatic heterocycles. The summed E-state index contributed by atoms with van der Waals surface area (Å²) >= 11 is 1.69. The van der Waals surface area contributed by atoms with Gasteiger partial charge in [-0.3, -0.25) is 23.6 Å². The van der Waals surface area contributed by atoms with E-state index >= 15 is 0 Å². The number of piperazine rings is 1. The average molecular weight is 429 g/mol. The number of aryl methyl sites for hydroxylation is 2. The maximum atomic E-state index is 13.0. The maximum absolute atomic E-state index is 13.0. The number of carbonyl (C=O) groups excluding carboxylic acids is 1. The topological polar surface area (TPSA) is 93.3 Å². The molecular formula is C20H24N6O3S. The number of nitrogens with zero attached hydrogens (tertiary/aromatic N) is 6. The first-order valence-electron chi connectivity index (χ1n) is 9.90. The van der Waals surface area contributed by atoms with Crippen LogP contribution in [0.5, 0.6) is 0 Å². The van der Waals surface area contributed by atoms with Crippen molar-refractivity contribution in [1.82, 2.24) is 28.9 Å². The lowest BCUT2D eigenvalue weighted by Gasteiger charge is -2.34. The molecule has 3 aromatic rings. The lowest BCUT2D eigenvalue weighted by Crippen LogP contribution is -2.48. The standard InChI is InChI=1S/C20H24N6O3S/c1-4-16-21-13(12-30-16)11-25-7-9-26(10-8-25)19(28)15-6-5-14-17(22-15)23(2)20(29)24(3)18(14)27/h5-6,12H,4,7-11H2,1-3H3. The number of pyridine rings is 1. The Morgan fingerprint density at radius 2 is 1.80 bits per heavy atom. The second-order valence-electron chi connectivity index (χ2n) is 7.43. The van der Waals surface area contributed by atoms with Crippen LogP contribution in [0.15, 0.2) is 27.1 Å². The van der Waals surface area contributed by atoms with Gasteiger partial charge >= 0.3 is 5.69 Å². The lowest BCUT2D eigenvalue weighted by atomic mass is 10.2. The van der Waals surface area contributed by atoms with Gasteiger partial charge < -0.3 is 4.90 Å². The molecule has 0 aliphatic carbocycles. The SMILES string of the molecule is CCc1nc(CN2CCN(C(=O)c3ccc4c(=O)n(C)c(=O)n(C)c4n3)CC2)cs1. The van der Waals surface area contributed by atoms with Crippen molar-refractivity contribution in [3.8, 4) is 0 Å². The van der Waals surface area contributed by atoms with Crippen molar-refractivity contribution in [2.24, 2.45) is 14.1 Å². The van der Waals surface area contributed by atoms with E-state index in [1.807, 2.05) is 0 Å². The molecule has 0 atom stereocenters. The molecular weight excluding hydrogens is 404 g/mol. The molecule has 1 saturated heterocycles. The summed E-state index contributed by atoms with van der Waals surface area (Å²) in [5.41, 5.74) is 0.664. The first-order chi connectivity index (χ1) is 14.4. The Bertz CT molecular complexity index is 1220. The smallest absolute Gasteiger partial charge is 0.332 e. The number of rotatable bonds is 4. The molecule has 1 aliphatic heterocycles. The number of carbonyl (C=O) groups is 1. The van der Waals surface area contributed by atoms with Crippen LogP contribution in [0.25, 0.3) is 11.0 Å². The molecule has 9 nitrogen and oxygen atoms in total. The van der Waals surface area contributed by atoms with Crippen molar-refractivity contribution >= 4 is 28.3 Å². The second kappa shape index (κ2) is 8.11. The minimum atomic E-state index is -0.466. The summed E-state index contributed by atoms with van der Waals surface area (Å²) in [6.45, 7) is 5.61. The van der Waals surface area contributed by atoms with Crippen LogP contribution >= 0.6 is 11.3 Å². The molecule has 1 fully saturated rings. The first-order valence-corrected chi connectivity index (χ1v) is 10.8. The molecule has 4 rings (SSSR count). The van der Waals surface area contributed by atoms with Gasteiger partial charge in [-0.1, -0.05) is 6.92 Å². The van der Waals surface area contributed by atoms with Gasteiger partial charge in [-0.2, -0.15) is 0 Å². The molecule has 0 bridgehead atoms. The van der Waals surface area contributed by atoms with Crippen LogP contribution in [0, 0.1) is 0 Å². The number of amides is 1. The summed E-state index contributed by atoms with van der Waals surface area (Å²) in [6, 6.07) is 3.13. The highest BCUT2D eigenvalue weighted by Crippen LogP contribution is 2.15. The number of hydrogen-bond acceptors (Lipinski definition) is 7. The van der Waals surface area contributed by atoms with Crippen molar-refractivity contribution < 1.29 is 4.79 Å². The van der Waals surface area contributed by atoms with E-state index in [0.717, 1.165) is 41.3 Å². The molecule has 0 saturated carbocycles. The van der Waals surface area contributed by atoms with Crippen molar-refractivity contribution in [2.75, 3.05) is 26.2 Å². The lowest BCUT2D eigenvalue weighted by molar-refractivity contribution is 0.0622. The van der Waals surface area contributed by atoms with Crippen LogP contribution in [0.4, 0.5) is 0 Å². The van der Waals surface area contributed by atoms with Gasteiger partial charge in [0, 0.05) is 52.2 Å². The Morgan fingerprint density at radius 3 is 2.47 bits per heavy atom. The molecule has 4 heterocycles. The van der Waals surface area contributed by atoms with Crippen molar-refractivity contribution in [1.29, 1.82) is 0 Å². The zero-order chi connectivity index (χ0) is 21.4. The van der Waals surface area contributed by atoms with Gasteiger partial charge in [0.25, 0.3) is 11.5 Å². The number of fused-ring (bicyclic) bond motifs is 1. The van der Waals surface area contributed by atoms with Gasteiger partial charge in [-0.15, -0.1) is 11.3 Å². The minimum absolute atomic E-state index is 0.188. The highest BCUT2D eigenvalue weighted by Gasteiger charge is 2.24. The van der Waals surface area contributed by atoms with Crippen LogP contribution < -0.4 is 11.2 Å². The summed E-state index contributed by atoms with van der Waals surface area (Å²) in [4.78, 5) is 50.4. The quantitative estimate of drug-likeness (QED) is 0.605. The maximum Gasteiger partial charge on any atom is 0.332 e. The highest BCUT2D eigenvalue weighted by atomic mass is 32.1. The van der Waals surface area contributed by atoms with Crippen molar-refractivity contribution in [3.05, 3.63) is 54.7 Å². The summed E-state index contributed by atoms with van der Waals surface area (Å²) < 4.78 is 2.33. The van der Waals surface area contributed by atoms with Crippen LogP contribution in [0.2, 0.25) is 0 Å².